The van der Waals surface area contributed by atoms with Gasteiger partial charge in [0.1, 0.15) is 17.6 Å². The van der Waals surface area contributed by atoms with Crippen LogP contribution in [0, 0.1) is 0 Å². The first kappa shape index (κ1) is 21.5. The van der Waals surface area contributed by atoms with E-state index in [1.165, 1.54) is 13.2 Å². The highest BCUT2D eigenvalue weighted by molar-refractivity contribution is 7.80. The van der Waals surface area contributed by atoms with Crippen molar-refractivity contribution >= 4 is 29.3 Å². The third-order valence-corrected chi connectivity index (χ3v) is 5.68. The minimum Gasteiger partial charge on any atom is -0.478 e. The van der Waals surface area contributed by atoms with E-state index in [0.717, 1.165) is 5.69 Å². The Bertz CT molecular complexity index is 1150. The standard InChI is InChI=1S/C23H21N3O5S/c1-30-19(27)11-13-26-21(20(25-23(26)32)16-8-4-5-12-24-16)18-10-9-17(31-18)14-6-2-3-7-15(14)22(28)29/h2-10,12,20-21H,11,13H2,1H3,(H,25,32)(H,28,29)/t20-,21-/m0/s1. The summed E-state index contributed by atoms with van der Waals surface area (Å²) in [4.78, 5) is 29.7. The molecule has 0 aliphatic carbocycles. The summed E-state index contributed by atoms with van der Waals surface area (Å²) in [6.07, 6.45) is 1.85. The Morgan fingerprint density at radius 3 is 2.69 bits per heavy atom. The summed E-state index contributed by atoms with van der Waals surface area (Å²) in [5.41, 5.74) is 1.40. The first-order valence-corrected chi connectivity index (χ1v) is 10.4. The molecule has 2 N–H and O–H groups in total. The molecule has 2 aromatic heterocycles. The maximum absolute atomic E-state index is 11.8. The lowest BCUT2D eigenvalue weighted by molar-refractivity contribution is -0.140. The van der Waals surface area contributed by atoms with Crippen LogP contribution in [0.2, 0.25) is 0 Å². The molecule has 8 nitrogen and oxygen atoms in total. The van der Waals surface area contributed by atoms with Gasteiger partial charge in [0.05, 0.1) is 30.8 Å². The van der Waals surface area contributed by atoms with E-state index in [4.69, 9.17) is 21.4 Å². The van der Waals surface area contributed by atoms with Gasteiger partial charge in [0.25, 0.3) is 0 Å². The number of furan rings is 1. The number of nitrogens with zero attached hydrogens (tertiary/aromatic N) is 2. The second kappa shape index (κ2) is 9.19. The summed E-state index contributed by atoms with van der Waals surface area (Å²) in [7, 11) is 1.34. The average molecular weight is 452 g/mol. The Balaban J connectivity index is 1.72. The summed E-state index contributed by atoms with van der Waals surface area (Å²) in [5.74, 6) is -0.367. The predicted molar refractivity (Wildman–Crippen MR) is 120 cm³/mol. The molecule has 1 saturated heterocycles. The Morgan fingerprint density at radius 2 is 1.97 bits per heavy atom. The van der Waals surface area contributed by atoms with E-state index < -0.39 is 5.97 Å². The van der Waals surface area contributed by atoms with Gasteiger partial charge >= 0.3 is 11.9 Å². The van der Waals surface area contributed by atoms with Gasteiger partial charge < -0.3 is 24.5 Å². The van der Waals surface area contributed by atoms with E-state index >= 15 is 0 Å². The molecule has 32 heavy (non-hydrogen) atoms. The molecule has 0 unspecified atom stereocenters. The van der Waals surface area contributed by atoms with Crippen molar-refractivity contribution in [3.8, 4) is 11.3 Å². The summed E-state index contributed by atoms with van der Waals surface area (Å²) in [5, 5.41) is 13.3. The lowest BCUT2D eigenvalue weighted by atomic mass is 10.0. The number of pyridine rings is 1. The Hall–Kier alpha value is -3.72. The molecular formula is C23H21N3O5S. The van der Waals surface area contributed by atoms with Gasteiger partial charge in [-0.1, -0.05) is 24.3 Å². The van der Waals surface area contributed by atoms with E-state index in [2.05, 4.69) is 10.3 Å². The van der Waals surface area contributed by atoms with Crippen LogP contribution in [0.5, 0.6) is 0 Å². The predicted octanol–water partition coefficient (Wildman–Crippen LogP) is 3.58. The van der Waals surface area contributed by atoms with Crippen molar-refractivity contribution in [1.29, 1.82) is 0 Å². The quantitative estimate of drug-likeness (QED) is 0.412. The molecule has 0 radical (unpaired) electrons. The number of hydrogen-bond donors (Lipinski definition) is 2. The van der Waals surface area contributed by atoms with Gasteiger partial charge in [0.15, 0.2) is 5.11 Å². The van der Waals surface area contributed by atoms with Crippen molar-refractivity contribution in [3.05, 3.63) is 77.8 Å². The van der Waals surface area contributed by atoms with Crippen molar-refractivity contribution in [2.24, 2.45) is 0 Å². The first-order chi connectivity index (χ1) is 15.5. The maximum Gasteiger partial charge on any atom is 0.336 e. The normalized spacial score (nSPS) is 17.8. The number of esters is 1. The summed E-state index contributed by atoms with van der Waals surface area (Å²) < 4.78 is 10.9. The average Bonchev–Trinajstić information content (AvgIpc) is 3.42. The van der Waals surface area contributed by atoms with Gasteiger partial charge in [-0.3, -0.25) is 9.78 Å². The number of thiocarbonyl (C=S) groups is 1. The molecule has 164 valence electrons. The SMILES string of the molecule is COC(=O)CCN1C(=S)N[C@@H](c2ccccn2)[C@@H]1c1ccc(-c2ccccc2C(=O)O)o1. The summed E-state index contributed by atoms with van der Waals surface area (Å²) in [6, 6.07) is 15.1. The molecule has 1 aliphatic rings. The van der Waals surface area contributed by atoms with Crippen LogP contribution < -0.4 is 5.32 Å². The molecule has 3 aromatic rings. The number of ether oxygens (including phenoxy) is 1. The second-order valence-electron chi connectivity index (χ2n) is 7.20. The zero-order valence-electron chi connectivity index (χ0n) is 17.2. The van der Waals surface area contributed by atoms with Gasteiger partial charge in [-0.05, 0) is 42.5 Å². The van der Waals surface area contributed by atoms with Gasteiger partial charge in [0, 0.05) is 18.3 Å². The maximum atomic E-state index is 11.8. The van der Waals surface area contributed by atoms with Crippen LogP contribution in [0.25, 0.3) is 11.3 Å². The smallest absolute Gasteiger partial charge is 0.336 e. The van der Waals surface area contributed by atoms with Crippen molar-refractivity contribution < 1.29 is 23.8 Å². The number of carboxylic acid groups (broad SMARTS) is 1. The number of methoxy groups -OCH3 is 1. The summed E-state index contributed by atoms with van der Waals surface area (Å²) in [6.45, 7) is 0.328. The molecule has 9 heteroatoms. The Kier molecular flexibility index (Phi) is 6.18. The number of rotatable bonds is 7. The van der Waals surface area contributed by atoms with E-state index in [0.29, 0.717) is 28.7 Å². The summed E-state index contributed by atoms with van der Waals surface area (Å²) >= 11 is 5.55. The third-order valence-electron chi connectivity index (χ3n) is 5.32. The highest BCUT2D eigenvalue weighted by Gasteiger charge is 2.41. The van der Waals surface area contributed by atoms with Crippen molar-refractivity contribution in [1.82, 2.24) is 15.2 Å². The van der Waals surface area contributed by atoms with Gasteiger partial charge in [-0.25, -0.2) is 4.79 Å². The van der Waals surface area contributed by atoms with Crippen LogP contribution in [0.3, 0.4) is 0 Å². The van der Waals surface area contributed by atoms with Crippen molar-refractivity contribution in [2.45, 2.75) is 18.5 Å². The largest absolute Gasteiger partial charge is 0.478 e. The fourth-order valence-electron chi connectivity index (χ4n) is 3.81. The lowest BCUT2D eigenvalue weighted by Crippen LogP contribution is -2.31. The fourth-order valence-corrected chi connectivity index (χ4v) is 4.14. The molecule has 0 saturated carbocycles. The molecular weight excluding hydrogens is 430 g/mol. The molecule has 3 heterocycles. The first-order valence-electron chi connectivity index (χ1n) is 9.97. The molecule has 4 rings (SSSR count). The van der Waals surface area contributed by atoms with Gasteiger partial charge in [-0.15, -0.1) is 0 Å². The third kappa shape index (κ3) is 4.19. The number of nitrogens with one attached hydrogen (secondary N) is 1. The highest BCUT2D eigenvalue weighted by Crippen LogP contribution is 2.40. The fraction of sp³-hybridized carbons (Fsp3) is 0.217. The zero-order chi connectivity index (χ0) is 22.7. The number of carboxylic acids is 1. The number of aromatic carboxylic acids is 1. The molecule has 0 bridgehead atoms. The number of carbonyl (C=O) groups is 2. The molecule has 2 atom stereocenters. The molecule has 1 aliphatic heterocycles. The zero-order valence-corrected chi connectivity index (χ0v) is 18.0. The molecule has 1 aromatic carbocycles. The van der Waals surface area contributed by atoms with Crippen LogP contribution in [0.4, 0.5) is 0 Å². The van der Waals surface area contributed by atoms with Crippen molar-refractivity contribution in [3.63, 3.8) is 0 Å². The van der Waals surface area contributed by atoms with E-state index in [1.54, 1.807) is 36.5 Å². The van der Waals surface area contributed by atoms with E-state index in [9.17, 15) is 14.7 Å². The highest BCUT2D eigenvalue weighted by atomic mass is 32.1. The number of benzene rings is 1. The van der Waals surface area contributed by atoms with Gasteiger partial charge in [-0.2, -0.15) is 0 Å². The van der Waals surface area contributed by atoms with Crippen LogP contribution >= 0.6 is 12.2 Å². The molecule has 0 spiro atoms. The van der Waals surface area contributed by atoms with Crippen LogP contribution in [-0.2, 0) is 9.53 Å². The Labute approximate surface area is 189 Å². The van der Waals surface area contributed by atoms with Crippen LogP contribution in [-0.4, -0.2) is 45.7 Å². The monoisotopic (exact) mass is 451 g/mol. The van der Waals surface area contributed by atoms with Gasteiger partial charge in [0.2, 0.25) is 0 Å². The lowest BCUT2D eigenvalue weighted by Gasteiger charge is -2.25. The number of aromatic nitrogens is 1. The van der Waals surface area contributed by atoms with E-state index in [-0.39, 0.29) is 30.0 Å². The second-order valence-corrected chi connectivity index (χ2v) is 7.59. The minimum atomic E-state index is -1.03. The number of carbonyl (C=O) groups excluding carboxylic acids is 1. The molecule has 1 fully saturated rings. The van der Waals surface area contributed by atoms with Crippen LogP contribution in [0.15, 0.2) is 65.2 Å². The van der Waals surface area contributed by atoms with E-state index in [1.807, 2.05) is 23.1 Å². The minimum absolute atomic E-state index is 0.150. The van der Waals surface area contributed by atoms with Crippen LogP contribution in [0.1, 0.15) is 40.3 Å². The Morgan fingerprint density at radius 1 is 1.19 bits per heavy atom. The van der Waals surface area contributed by atoms with Crippen molar-refractivity contribution in [2.75, 3.05) is 13.7 Å². The number of hydrogen-bond acceptors (Lipinski definition) is 6. The topological polar surface area (TPSA) is 105 Å². The molecule has 0 amide bonds.